The Balaban J connectivity index is 2.00. The maximum Gasteiger partial charge on any atom is 0.356 e. The van der Waals surface area contributed by atoms with Crippen molar-refractivity contribution < 1.29 is 9.53 Å². The van der Waals surface area contributed by atoms with Crippen molar-refractivity contribution in [3.63, 3.8) is 0 Å². The van der Waals surface area contributed by atoms with Crippen LogP contribution in [0.4, 0.5) is 5.69 Å². The number of pyridine rings is 1. The smallest absolute Gasteiger partial charge is 0.356 e. The lowest BCUT2D eigenvalue weighted by Gasteiger charge is -2.15. The van der Waals surface area contributed by atoms with Crippen molar-refractivity contribution in [2.24, 2.45) is 0 Å². The van der Waals surface area contributed by atoms with Gasteiger partial charge < -0.3 is 14.6 Å². The number of carbonyl (C=O) groups excluding carboxylic acids is 1. The highest BCUT2D eigenvalue weighted by Gasteiger charge is 2.09. The number of ether oxygens (including phenoxy) is 1. The number of rotatable bonds is 5. The summed E-state index contributed by atoms with van der Waals surface area (Å²) in [6.45, 7) is 2.84. The maximum absolute atomic E-state index is 11.4. The minimum absolute atomic E-state index is 0.196. The summed E-state index contributed by atoms with van der Waals surface area (Å²) in [7, 11) is 1.34. The zero-order chi connectivity index (χ0) is 13.7. The molecule has 19 heavy (non-hydrogen) atoms. The molecule has 2 heterocycles. The highest BCUT2D eigenvalue weighted by Crippen LogP contribution is 2.11. The summed E-state index contributed by atoms with van der Waals surface area (Å²) >= 11 is 0. The van der Waals surface area contributed by atoms with Crippen molar-refractivity contribution in [2.75, 3.05) is 12.4 Å². The molecule has 1 unspecified atom stereocenters. The van der Waals surface area contributed by atoms with Crippen LogP contribution >= 0.6 is 0 Å². The normalized spacial score (nSPS) is 11.9. The monoisotopic (exact) mass is 260 g/mol. The van der Waals surface area contributed by atoms with E-state index in [1.54, 1.807) is 24.8 Å². The van der Waals surface area contributed by atoms with E-state index >= 15 is 0 Å². The molecular weight excluding hydrogens is 244 g/mol. The molecule has 2 aromatic heterocycles. The first kappa shape index (κ1) is 13.1. The van der Waals surface area contributed by atoms with Crippen molar-refractivity contribution >= 4 is 11.7 Å². The highest BCUT2D eigenvalue weighted by atomic mass is 16.5. The van der Waals surface area contributed by atoms with Crippen LogP contribution in [0.15, 0.2) is 37.1 Å². The fourth-order valence-corrected chi connectivity index (χ4v) is 1.78. The summed E-state index contributed by atoms with van der Waals surface area (Å²) < 4.78 is 6.63. The number of imidazole rings is 1. The van der Waals surface area contributed by atoms with Gasteiger partial charge in [0.1, 0.15) is 5.69 Å². The molecule has 0 aliphatic carbocycles. The van der Waals surface area contributed by atoms with Crippen LogP contribution in [-0.4, -0.2) is 33.7 Å². The minimum Gasteiger partial charge on any atom is -0.464 e. The topological polar surface area (TPSA) is 69.0 Å². The van der Waals surface area contributed by atoms with Gasteiger partial charge in [-0.15, -0.1) is 0 Å². The number of methoxy groups -OCH3 is 1. The van der Waals surface area contributed by atoms with Gasteiger partial charge in [0.25, 0.3) is 0 Å². The van der Waals surface area contributed by atoms with Gasteiger partial charge in [0.15, 0.2) is 0 Å². The quantitative estimate of drug-likeness (QED) is 0.826. The van der Waals surface area contributed by atoms with Gasteiger partial charge >= 0.3 is 5.97 Å². The van der Waals surface area contributed by atoms with Crippen molar-refractivity contribution in [2.45, 2.75) is 19.5 Å². The second kappa shape index (κ2) is 5.99. The lowest BCUT2D eigenvalue weighted by molar-refractivity contribution is 0.0594. The molecule has 0 saturated heterocycles. The van der Waals surface area contributed by atoms with Crippen LogP contribution in [-0.2, 0) is 11.3 Å². The number of hydrogen-bond donors (Lipinski definition) is 1. The molecule has 6 heteroatoms. The summed E-state index contributed by atoms with van der Waals surface area (Å²) in [4.78, 5) is 19.3. The second-order valence-corrected chi connectivity index (χ2v) is 4.23. The van der Waals surface area contributed by atoms with Crippen molar-refractivity contribution in [3.8, 4) is 0 Å². The van der Waals surface area contributed by atoms with Crippen molar-refractivity contribution in [1.82, 2.24) is 14.5 Å². The Kier molecular flexibility index (Phi) is 4.12. The predicted molar refractivity (Wildman–Crippen MR) is 70.9 cm³/mol. The van der Waals surface area contributed by atoms with Gasteiger partial charge in [-0.05, 0) is 19.1 Å². The Morgan fingerprint density at radius 2 is 2.37 bits per heavy atom. The molecule has 0 fully saturated rings. The van der Waals surface area contributed by atoms with Crippen LogP contribution < -0.4 is 5.32 Å². The van der Waals surface area contributed by atoms with Crippen LogP contribution in [0.2, 0.25) is 0 Å². The van der Waals surface area contributed by atoms with Crippen LogP contribution in [0.25, 0.3) is 0 Å². The molecule has 0 aliphatic heterocycles. The minimum atomic E-state index is -0.439. The summed E-state index contributed by atoms with van der Waals surface area (Å²) in [6.07, 6.45) is 7.00. The van der Waals surface area contributed by atoms with Gasteiger partial charge in [0.05, 0.1) is 13.4 Å². The number of nitrogens with zero attached hydrogens (tertiary/aromatic N) is 3. The molecule has 0 spiro atoms. The summed E-state index contributed by atoms with van der Waals surface area (Å²) in [5.41, 5.74) is 1.13. The first-order valence-electron chi connectivity index (χ1n) is 5.95. The predicted octanol–water partition coefficient (Wildman–Crippen LogP) is 1.57. The molecule has 0 amide bonds. The Hall–Kier alpha value is -2.37. The lowest BCUT2D eigenvalue weighted by Crippen LogP contribution is -2.21. The van der Waals surface area contributed by atoms with Gasteiger partial charge in [0, 0.05) is 36.9 Å². The second-order valence-electron chi connectivity index (χ2n) is 4.23. The van der Waals surface area contributed by atoms with E-state index in [4.69, 9.17) is 0 Å². The number of carbonyl (C=O) groups is 1. The fraction of sp³-hybridized carbons (Fsp3) is 0.308. The number of aromatic nitrogens is 3. The third-order valence-corrected chi connectivity index (χ3v) is 2.61. The first-order chi connectivity index (χ1) is 9.19. The molecular formula is C13H16N4O2. The van der Waals surface area contributed by atoms with Gasteiger partial charge in [-0.2, -0.15) is 0 Å². The fourth-order valence-electron chi connectivity index (χ4n) is 1.78. The van der Waals surface area contributed by atoms with Crippen LogP contribution in [0, 0.1) is 0 Å². The molecule has 6 nitrogen and oxygen atoms in total. The molecule has 1 N–H and O–H groups in total. The highest BCUT2D eigenvalue weighted by molar-refractivity contribution is 5.88. The zero-order valence-corrected chi connectivity index (χ0v) is 10.9. The SMILES string of the molecule is COC(=O)c1cc(NC(C)Cn2ccnc2)ccn1. The Morgan fingerprint density at radius 3 is 3.05 bits per heavy atom. The van der Waals surface area contributed by atoms with E-state index in [0.29, 0.717) is 5.69 Å². The van der Waals surface area contributed by atoms with Crippen LogP contribution in [0.5, 0.6) is 0 Å². The van der Waals surface area contributed by atoms with Crippen LogP contribution in [0.1, 0.15) is 17.4 Å². The third kappa shape index (κ3) is 3.54. The maximum atomic E-state index is 11.4. The number of hydrogen-bond acceptors (Lipinski definition) is 5. The molecule has 2 rings (SSSR count). The van der Waals surface area contributed by atoms with Gasteiger partial charge in [-0.1, -0.05) is 0 Å². The molecule has 0 bridgehead atoms. The molecule has 100 valence electrons. The standard InChI is InChI=1S/C13H16N4O2/c1-10(8-17-6-5-14-9-17)16-11-3-4-15-12(7-11)13(18)19-2/h3-7,9-10H,8H2,1-2H3,(H,15,16). The number of esters is 1. The summed E-state index contributed by atoms with van der Waals surface area (Å²) in [5.74, 6) is -0.439. The molecule has 0 aromatic carbocycles. The van der Waals surface area contributed by atoms with E-state index in [2.05, 4.69) is 26.9 Å². The van der Waals surface area contributed by atoms with Gasteiger partial charge in [-0.25, -0.2) is 14.8 Å². The lowest BCUT2D eigenvalue weighted by atomic mass is 10.2. The molecule has 1 atom stereocenters. The average molecular weight is 260 g/mol. The average Bonchev–Trinajstić information content (AvgIpc) is 2.90. The van der Waals surface area contributed by atoms with E-state index < -0.39 is 5.97 Å². The molecule has 0 aliphatic rings. The summed E-state index contributed by atoms with van der Waals surface area (Å²) in [6, 6.07) is 3.69. The zero-order valence-electron chi connectivity index (χ0n) is 10.9. The van der Waals surface area contributed by atoms with Gasteiger partial charge in [-0.3, -0.25) is 0 Å². The van der Waals surface area contributed by atoms with E-state index in [1.165, 1.54) is 7.11 Å². The number of nitrogens with one attached hydrogen (secondary N) is 1. The van der Waals surface area contributed by atoms with E-state index in [9.17, 15) is 4.79 Å². The van der Waals surface area contributed by atoms with Crippen LogP contribution in [0.3, 0.4) is 0 Å². The summed E-state index contributed by atoms with van der Waals surface area (Å²) in [5, 5.41) is 3.30. The molecule has 0 radical (unpaired) electrons. The third-order valence-electron chi connectivity index (χ3n) is 2.61. The number of anilines is 1. The molecule has 0 saturated carbocycles. The van der Waals surface area contributed by atoms with E-state index in [0.717, 1.165) is 12.2 Å². The van der Waals surface area contributed by atoms with E-state index in [1.807, 2.05) is 16.8 Å². The first-order valence-corrected chi connectivity index (χ1v) is 5.95. The largest absolute Gasteiger partial charge is 0.464 e. The Morgan fingerprint density at radius 1 is 1.53 bits per heavy atom. The Labute approximate surface area is 111 Å². The van der Waals surface area contributed by atoms with Gasteiger partial charge in [0.2, 0.25) is 0 Å². The van der Waals surface area contributed by atoms with Crippen molar-refractivity contribution in [3.05, 3.63) is 42.7 Å². The Bertz CT molecular complexity index is 539. The van der Waals surface area contributed by atoms with E-state index in [-0.39, 0.29) is 6.04 Å². The van der Waals surface area contributed by atoms with Crippen molar-refractivity contribution in [1.29, 1.82) is 0 Å². The molecule has 2 aromatic rings.